The van der Waals surface area contributed by atoms with Gasteiger partial charge in [-0.15, -0.1) is 0 Å². The van der Waals surface area contributed by atoms with Crippen LogP contribution in [-0.2, 0) is 14.3 Å². The standard InChI is InChI=1S/C22H20ClFO3/c1-3-27-22(26)21-17(15-8-9-19(24)18(23)11-15)10-16(12-20(21)25)14-6-4-13(2)5-7-14/h4-9,11-12,17,21H,3,10H2,1-2H3. The van der Waals surface area contributed by atoms with Crippen molar-refractivity contribution in [3.05, 3.63) is 76.1 Å². The molecule has 3 rings (SSSR count). The lowest BCUT2D eigenvalue weighted by Gasteiger charge is -2.29. The summed E-state index contributed by atoms with van der Waals surface area (Å²) in [6, 6.07) is 12.2. The average Bonchev–Trinajstić information content (AvgIpc) is 2.64. The number of benzene rings is 2. The summed E-state index contributed by atoms with van der Waals surface area (Å²) in [5.41, 5.74) is 3.53. The van der Waals surface area contributed by atoms with Crippen LogP contribution in [0, 0.1) is 18.7 Å². The first-order chi connectivity index (χ1) is 12.9. The molecule has 0 aromatic heterocycles. The van der Waals surface area contributed by atoms with E-state index in [0.717, 1.165) is 16.7 Å². The van der Waals surface area contributed by atoms with Gasteiger partial charge < -0.3 is 4.74 Å². The van der Waals surface area contributed by atoms with Crippen molar-refractivity contribution in [2.24, 2.45) is 5.92 Å². The minimum absolute atomic E-state index is 0.0333. The highest BCUT2D eigenvalue weighted by atomic mass is 35.5. The second kappa shape index (κ2) is 8.05. The Bertz CT molecular complexity index is 902. The SMILES string of the molecule is CCOC(=O)C1C(=O)C=C(c2ccc(C)cc2)CC1c1ccc(F)c(Cl)c1. The Balaban J connectivity index is 2.04. The first-order valence-electron chi connectivity index (χ1n) is 8.83. The van der Waals surface area contributed by atoms with Gasteiger partial charge in [0, 0.05) is 5.92 Å². The average molecular weight is 387 g/mol. The van der Waals surface area contributed by atoms with Crippen LogP contribution in [0.1, 0.15) is 36.0 Å². The molecule has 0 saturated heterocycles. The maximum Gasteiger partial charge on any atom is 0.317 e. The molecule has 140 valence electrons. The van der Waals surface area contributed by atoms with Gasteiger partial charge in [-0.2, -0.15) is 0 Å². The van der Waals surface area contributed by atoms with Crippen molar-refractivity contribution in [1.29, 1.82) is 0 Å². The summed E-state index contributed by atoms with van der Waals surface area (Å²) >= 11 is 5.94. The molecule has 0 radical (unpaired) electrons. The van der Waals surface area contributed by atoms with E-state index in [1.807, 2.05) is 31.2 Å². The van der Waals surface area contributed by atoms with Gasteiger partial charge in [0.2, 0.25) is 0 Å². The molecule has 1 aliphatic carbocycles. The lowest BCUT2D eigenvalue weighted by Crippen LogP contribution is -2.34. The molecule has 2 unspecified atom stereocenters. The van der Waals surface area contributed by atoms with Gasteiger partial charge in [-0.1, -0.05) is 47.5 Å². The largest absolute Gasteiger partial charge is 0.465 e. The minimum atomic E-state index is -0.958. The summed E-state index contributed by atoms with van der Waals surface area (Å²) < 4.78 is 18.7. The molecule has 0 saturated carbocycles. The van der Waals surface area contributed by atoms with E-state index in [2.05, 4.69) is 0 Å². The highest BCUT2D eigenvalue weighted by molar-refractivity contribution is 6.30. The van der Waals surface area contributed by atoms with Crippen LogP contribution in [-0.4, -0.2) is 18.4 Å². The van der Waals surface area contributed by atoms with Crippen molar-refractivity contribution in [2.45, 2.75) is 26.2 Å². The number of aryl methyl sites for hydroxylation is 1. The predicted octanol–water partition coefficient (Wildman–Crippen LogP) is 5.11. The Morgan fingerprint density at radius 3 is 2.56 bits per heavy atom. The number of esters is 1. The smallest absolute Gasteiger partial charge is 0.317 e. The molecule has 2 aromatic carbocycles. The number of halogens is 2. The zero-order valence-electron chi connectivity index (χ0n) is 15.2. The van der Waals surface area contributed by atoms with Crippen molar-refractivity contribution in [3.8, 4) is 0 Å². The van der Waals surface area contributed by atoms with Crippen molar-refractivity contribution < 1.29 is 18.7 Å². The van der Waals surface area contributed by atoms with Gasteiger partial charge in [-0.05, 0) is 55.2 Å². The van der Waals surface area contributed by atoms with Gasteiger partial charge >= 0.3 is 5.97 Å². The van der Waals surface area contributed by atoms with Crippen molar-refractivity contribution in [3.63, 3.8) is 0 Å². The topological polar surface area (TPSA) is 43.4 Å². The summed E-state index contributed by atoms with van der Waals surface area (Å²) in [6.45, 7) is 3.88. The number of rotatable bonds is 4. The fourth-order valence-electron chi connectivity index (χ4n) is 3.41. The summed E-state index contributed by atoms with van der Waals surface area (Å²) in [6.07, 6.45) is 1.98. The second-order valence-electron chi connectivity index (χ2n) is 6.65. The maximum atomic E-state index is 13.6. The van der Waals surface area contributed by atoms with E-state index in [0.29, 0.717) is 12.0 Å². The number of ether oxygens (including phenoxy) is 1. The molecule has 0 bridgehead atoms. The van der Waals surface area contributed by atoms with E-state index in [1.54, 1.807) is 13.0 Å². The van der Waals surface area contributed by atoms with Gasteiger partial charge in [-0.25, -0.2) is 4.39 Å². The Kier molecular flexibility index (Phi) is 5.76. The van der Waals surface area contributed by atoms with Gasteiger partial charge in [0.25, 0.3) is 0 Å². The molecule has 2 atom stereocenters. The molecule has 1 aliphatic rings. The van der Waals surface area contributed by atoms with Gasteiger partial charge in [0.15, 0.2) is 5.78 Å². The molecule has 0 N–H and O–H groups in total. The van der Waals surface area contributed by atoms with Crippen LogP contribution in [0.4, 0.5) is 4.39 Å². The zero-order chi connectivity index (χ0) is 19.6. The van der Waals surface area contributed by atoms with Crippen molar-refractivity contribution in [2.75, 3.05) is 6.61 Å². The number of hydrogen-bond donors (Lipinski definition) is 0. The Morgan fingerprint density at radius 2 is 1.93 bits per heavy atom. The van der Waals surface area contributed by atoms with E-state index in [1.165, 1.54) is 18.2 Å². The third-order valence-corrected chi connectivity index (χ3v) is 5.09. The molecule has 5 heteroatoms. The van der Waals surface area contributed by atoms with Crippen LogP contribution in [0.3, 0.4) is 0 Å². The first kappa shape index (κ1) is 19.3. The van der Waals surface area contributed by atoms with Crippen LogP contribution in [0.5, 0.6) is 0 Å². The summed E-state index contributed by atoms with van der Waals surface area (Å²) in [4.78, 5) is 25.3. The van der Waals surface area contributed by atoms with Crippen LogP contribution in [0.2, 0.25) is 5.02 Å². The Labute approximate surface area is 162 Å². The lowest BCUT2D eigenvalue weighted by atomic mass is 9.73. The van der Waals surface area contributed by atoms with Crippen LogP contribution in [0.15, 0.2) is 48.5 Å². The monoisotopic (exact) mass is 386 g/mol. The Morgan fingerprint density at radius 1 is 1.22 bits per heavy atom. The number of hydrogen-bond acceptors (Lipinski definition) is 3. The molecule has 0 amide bonds. The molecule has 0 aliphatic heterocycles. The van der Waals surface area contributed by atoms with Crippen LogP contribution < -0.4 is 0 Å². The van der Waals surface area contributed by atoms with Crippen molar-refractivity contribution in [1.82, 2.24) is 0 Å². The van der Waals surface area contributed by atoms with E-state index >= 15 is 0 Å². The quantitative estimate of drug-likeness (QED) is 0.542. The van der Waals surface area contributed by atoms with E-state index in [9.17, 15) is 14.0 Å². The van der Waals surface area contributed by atoms with E-state index < -0.39 is 23.6 Å². The highest BCUT2D eigenvalue weighted by Gasteiger charge is 2.39. The molecule has 0 fully saturated rings. The second-order valence-corrected chi connectivity index (χ2v) is 7.06. The van der Waals surface area contributed by atoms with Gasteiger partial charge in [0.1, 0.15) is 11.7 Å². The minimum Gasteiger partial charge on any atom is -0.465 e. The fraction of sp³-hybridized carbons (Fsp3) is 0.273. The highest BCUT2D eigenvalue weighted by Crippen LogP contribution is 2.41. The molecular weight excluding hydrogens is 367 g/mol. The number of carbonyl (C=O) groups excluding carboxylic acids is 2. The number of allylic oxidation sites excluding steroid dienone is 2. The molecule has 2 aromatic rings. The fourth-order valence-corrected chi connectivity index (χ4v) is 3.60. The van der Waals surface area contributed by atoms with Crippen LogP contribution >= 0.6 is 11.6 Å². The zero-order valence-corrected chi connectivity index (χ0v) is 15.9. The molecule has 3 nitrogen and oxygen atoms in total. The summed E-state index contributed by atoms with van der Waals surface area (Å²) in [5.74, 6) is -2.82. The van der Waals surface area contributed by atoms with Crippen LogP contribution in [0.25, 0.3) is 5.57 Å². The third-order valence-electron chi connectivity index (χ3n) is 4.80. The summed E-state index contributed by atoms with van der Waals surface area (Å²) in [5, 5.41) is -0.0333. The van der Waals surface area contributed by atoms with Gasteiger partial charge in [0.05, 0.1) is 11.6 Å². The van der Waals surface area contributed by atoms with E-state index in [4.69, 9.17) is 16.3 Å². The summed E-state index contributed by atoms with van der Waals surface area (Å²) in [7, 11) is 0. The molecule has 0 spiro atoms. The van der Waals surface area contributed by atoms with E-state index in [-0.39, 0.29) is 17.4 Å². The normalized spacial score (nSPS) is 19.6. The first-order valence-corrected chi connectivity index (χ1v) is 9.21. The predicted molar refractivity (Wildman–Crippen MR) is 103 cm³/mol. The number of carbonyl (C=O) groups is 2. The van der Waals surface area contributed by atoms with Crippen molar-refractivity contribution >= 4 is 28.9 Å². The van der Waals surface area contributed by atoms with Gasteiger partial charge in [-0.3, -0.25) is 9.59 Å². The third kappa shape index (κ3) is 4.11. The maximum absolute atomic E-state index is 13.6. The molecular formula is C22H20ClFO3. The number of ketones is 1. The Hall–Kier alpha value is -2.46. The molecule has 0 heterocycles. The lowest BCUT2D eigenvalue weighted by molar-refractivity contribution is -0.151. The molecule has 27 heavy (non-hydrogen) atoms.